The standard InChI is InChI=1S/C16H32O3/c1-6-18-16(19-7-2)13-17-12-11-15(5)10-8-9-14(3)4/h9,15-16H,6-8,10-13H2,1-5H3. The van der Waals surface area contributed by atoms with Gasteiger partial charge in [-0.25, -0.2) is 0 Å². The minimum absolute atomic E-state index is 0.212. The second kappa shape index (κ2) is 12.6. The van der Waals surface area contributed by atoms with E-state index in [0.29, 0.717) is 25.7 Å². The quantitative estimate of drug-likeness (QED) is 0.303. The molecule has 0 aromatic rings. The molecule has 0 bridgehead atoms. The van der Waals surface area contributed by atoms with Crippen molar-refractivity contribution in [2.24, 2.45) is 5.92 Å². The van der Waals surface area contributed by atoms with E-state index in [-0.39, 0.29) is 6.29 Å². The zero-order valence-corrected chi connectivity index (χ0v) is 13.4. The summed E-state index contributed by atoms with van der Waals surface area (Å²) in [6.45, 7) is 13.2. The Morgan fingerprint density at radius 3 is 2.21 bits per heavy atom. The molecule has 0 aliphatic carbocycles. The Hall–Kier alpha value is -0.380. The molecule has 3 nitrogen and oxygen atoms in total. The molecule has 0 aromatic heterocycles. The van der Waals surface area contributed by atoms with E-state index < -0.39 is 0 Å². The van der Waals surface area contributed by atoms with Crippen LogP contribution in [0.25, 0.3) is 0 Å². The van der Waals surface area contributed by atoms with Crippen LogP contribution in [0.2, 0.25) is 0 Å². The highest BCUT2D eigenvalue weighted by atomic mass is 16.7. The summed E-state index contributed by atoms with van der Waals surface area (Å²) in [6.07, 6.45) is 5.59. The van der Waals surface area contributed by atoms with Gasteiger partial charge in [-0.15, -0.1) is 0 Å². The van der Waals surface area contributed by atoms with Crippen LogP contribution in [0.1, 0.15) is 53.9 Å². The molecular weight excluding hydrogens is 240 g/mol. The van der Waals surface area contributed by atoms with Gasteiger partial charge in [0.05, 0.1) is 6.61 Å². The fourth-order valence-corrected chi connectivity index (χ4v) is 1.78. The number of rotatable bonds is 12. The van der Waals surface area contributed by atoms with Gasteiger partial charge in [-0.05, 0) is 52.9 Å². The smallest absolute Gasteiger partial charge is 0.180 e. The number of hydrogen-bond donors (Lipinski definition) is 0. The van der Waals surface area contributed by atoms with E-state index in [1.807, 2.05) is 13.8 Å². The summed E-state index contributed by atoms with van der Waals surface area (Å²) in [5.74, 6) is 0.702. The van der Waals surface area contributed by atoms with Gasteiger partial charge in [0.15, 0.2) is 6.29 Å². The Labute approximate surface area is 119 Å². The van der Waals surface area contributed by atoms with Gasteiger partial charge in [0.1, 0.15) is 0 Å². The van der Waals surface area contributed by atoms with Crippen LogP contribution in [0.5, 0.6) is 0 Å². The average molecular weight is 272 g/mol. The van der Waals surface area contributed by atoms with Crippen molar-refractivity contribution in [1.82, 2.24) is 0 Å². The molecule has 0 saturated heterocycles. The van der Waals surface area contributed by atoms with E-state index in [2.05, 4.69) is 26.8 Å². The second-order valence-electron chi connectivity index (χ2n) is 5.17. The number of ether oxygens (including phenoxy) is 3. The van der Waals surface area contributed by atoms with Gasteiger partial charge in [-0.2, -0.15) is 0 Å². The third kappa shape index (κ3) is 12.4. The van der Waals surface area contributed by atoms with Crippen LogP contribution >= 0.6 is 0 Å². The average Bonchev–Trinajstić information content (AvgIpc) is 2.34. The Morgan fingerprint density at radius 1 is 1.05 bits per heavy atom. The fourth-order valence-electron chi connectivity index (χ4n) is 1.78. The highest BCUT2D eigenvalue weighted by molar-refractivity contribution is 4.92. The van der Waals surface area contributed by atoms with Gasteiger partial charge in [0.2, 0.25) is 0 Å². The molecule has 0 heterocycles. The molecule has 0 aliphatic rings. The Morgan fingerprint density at radius 2 is 1.68 bits per heavy atom. The van der Waals surface area contributed by atoms with Crippen molar-refractivity contribution in [2.45, 2.75) is 60.2 Å². The van der Waals surface area contributed by atoms with Crippen LogP contribution < -0.4 is 0 Å². The minimum atomic E-state index is -0.212. The van der Waals surface area contributed by atoms with Crippen molar-refractivity contribution in [3.63, 3.8) is 0 Å². The van der Waals surface area contributed by atoms with Crippen molar-refractivity contribution in [1.29, 1.82) is 0 Å². The van der Waals surface area contributed by atoms with E-state index in [1.54, 1.807) is 0 Å². The highest BCUT2D eigenvalue weighted by Gasteiger charge is 2.08. The lowest BCUT2D eigenvalue weighted by Crippen LogP contribution is -2.24. The maximum atomic E-state index is 5.63. The summed E-state index contributed by atoms with van der Waals surface area (Å²) < 4.78 is 16.5. The third-order valence-electron chi connectivity index (χ3n) is 2.93. The largest absolute Gasteiger partial charge is 0.376 e. The maximum absolute atomic E-state index is 5.63. The molecule has 0 saturated carbocycles. The molecule has 1 atom stereocenters. The van der Waals surface area contributed by atoms with Crippen molar-refractivity contribution in [3.05, 3.63) is 11.6 Å². The normalized spacial score (nSPS) is 12.7. The van der Waals surface area contributed by atoms with Gasteiger partial charge >= 0.3 is 0 Å². The minimum Gasteiger partial charge on any atom is -0.376 e. The third-order valence-corrected chi connectivity index (χ3v) is 2.93. The summed E-state index contributed by atoms with van der Waals surface area (Å²) >= 11 is 0. The Bertz CT molecular complexity index is 216. The molecule has 1 unspecified atom stereocenters. The first-order chi connectivity index (χ1) is 9.10. The van der Waals surface area contributed by atoms with Crippen LogP contribution in [0.3, 0.4) is 0 Å². The Balaban J connectivity index is 3.57. The summed E-state index contributed by atoms with van der Waals surface area (Å²) in [7, 11) is 0. The lowest BCUT2D eigenvalue weighted by atomic mass is 10.0. The molecule has 0 fully saturated rings. The predicted molar refractivity (Wildman–Crippen MR) is 80.3 cm³/mol. The lowest BCUT2D eigenvalue weighted by Gasteiger charge is -2.17. The summed E-state index contributed by atoms with van der Waals surface area (Å²) in [5, 5.41) is 0. The van der Waals surface area contributed by atoms with E-state index in [0.717, 1.165) is 13.0 Å². The lowest BCUT2D eigenvalue weighted by molar-refractivity contribution is -0.167. The fraction of sp³-hybridized carbons (Fsp3) is 0.875. The van der Waals surface area contributed by atoms with E-state index >= 15 is 0 Å². The van der Waals surface area contributed by atoms with Crippen LogP contribution in [0.4, 0.5) is 0 Å². The first-order valence-corrected chi connectivity index (χ1v) is 7.54. The number of allylic oxidation sites excluding steroid dienone is 2. The molecule has 0 aliphatic heterocycles. The SMILES string of the molecule is CCOC(COCCC(C)CCC=C(C)C)OCC. The summed E-state index contributed by atoms with van der Waals surface area (Å²) in [4.78, 5) is 0. The van der Waals surface area contributed by atoms with Crippen molar-refractivity contribution >= 4 is 0 Å². The molecule has 0 amide bonds. The highest BCUT2D eigenvalue weighted by Crippen LogP contribution is 2.12. The van der Waals surface area contributed by atoms with Gasteiger partial charge in [0, 0.05) is 19.8 Å². The van der Waals surface area contributed by atoms with Crippen molar-refractivity contribution < 1.29 is 14.2 Å². The first kappa shape index (κ1) is 18.6. The first-order valence-electron chi connectivity index (χ1n) is 7.54. The molecule has 0 aromatic carbocycles. The zero-order valence-electron chi connectivity index (χ0n) is 13.4. The molecule has 114 valence electrons. The van der Waals surface area contributed by atoms with Crippen LogP contribution in [-0.4, -0.2) is 32.7 Å². The molecule has 0 rings (SSSR count). The second-order valence-corrected chi connectivity index (χ2v) is 5.17. The van der Waals surface area contributed by atoms with E-state index in [1.165, 1.54) is 18.4 Å². The van der Waals surface area contributed by atoms with Gasteiger partial charge in [0.25, 0.3) is 0 Å². The summed E-state index contributed by atoms with van der Waals surface area (Å²) in [6, 6.07) is 0. The van der Waals surface area contributed by atoms with Crippen LogP contribution in [0.15, 0.2) is 11.6 Å². The van der Waals surface area contributed by atoms with E-state index in [9.17, 15) is 0 Å². The van der Waals surface area contributed by atoms with Gasteiger partial charge in [-0.1, -0.05) is 18.6 Å². The number of hydrogen-bond acceptors (Lipinski definition) is 3. The van der Waals surface area contributed by atoms with Crippen LogP contribution in [-0.2, 0) is 14.2 Å². The monoisotopic (exact) mass is 272 g/mol. The van der Waals surface area contributed by atoms with Crippen LogP contribution in [0, 0.1) is 5.92 Å². The molecule has 0 spiro atoms. The molecule has 3 heteroatoms. The zero-order chi connectivity index (χ0) is 14.5. The molecule has 19 heavy (non-hydrogen) atoms. The van der Waals surface area contributed by atoms with Gasteiger partial charge < -0.3 is 14.2 Å². The van der Waals surface area contributed by atoms with Crippen molar-refractivity contribution in [2.75, 3.05) is 26.4 Å². The maximum Gasteiger partial charge on any atom is 0.180 e. The predicted octanol–water partition coefficient (Wildman–Crippen LogP) is 4.17. The topological polar surface area (TPSA) is 27.7 Å². The molecule has 0 radical (unpaired) electrons. The summed E-state index contributed by atoms with van der Waals surface area (Å²) in [5.41, 5.74) is 1.40. The van der Waals surface area contributed by atoms with E-state index in [4.69, 9.17) is 14.2 Å². The molecular formula is C16H32O3. The van der Waals surface area contributed by atoms with Gasteiger partial charge in [-0.3, -0.25) is 0 Å². The Kier molecular flexibility index (Phi) is 12.4. The molecule has 0 N–H and O–H groups in total. The van der Waals surface area contributed by atoms with Crippen molar-refractivity contribution in [3.8, 4) is 0 Å².